The maximum absolute atomic E-state index is 12.2. The second-order valence-electron chi connectivity index (χ2n) is 7.45. The van der Waals surface area contributed by atoms with Gasteiger partial charge in [-0.15, -0.1) is 0 Å². The fraction of sp³-hybridized carbons (Fsp3) is 0.706. The van der Waals surface area contributed by atoms with Crippen LogP contribution >= 0.6 is 0 Å². The van der Waals surface area contributed by atoms with Crippen molar-refractivity contribution in [2.75, 3.05) is 13.7 Å². The molecular weight excluding hydrogens is 392 g/mol. The predicted molar refractivity (Wildman–Crippen MR) is 96.0 cm³/mol. The Bertz CT molecular complexity index is 659. The van der Waals surface area contributed by atoms with Crippen LogP contribution in [0.2, 0.25) is 0 Å². The van der Waals surface area contributed by atoms with E-state index >= 15 is 0 Å². The first-order chi connectivity index (χ1) is 13.2. The molecule has 1 aliphatic heterocycles. The maximum atomic E-state index is 12.2. The lowest BCUT2D eigenvalue weighted by Gasteiger charge is -2.44. The van der Waals surface area contributed by atoms with E-state index in [4.69, 9.17) is 14.6 Å². The quantitative estimate of drug-likeness (QED) is 0.205. The summed E-state index contributed by atoms with van der Waals surface area (Å²) in [5, 5.41) is 44.7. The van der Waals surface area contributed by atoms with E-state index in [2.05, 4.69) is 15.4 Å². The van der Waals surface area contributed by atoms with Gasteiger partial charge in [0.1, 0.15) is 23.9 Å². The number of rotatable bonds is 6. The zero-order valence-electron chi connectivity index (χ0n) is 16.8. The molecule has 0 bridgehead atoms. The lowest BCUT2D eigenvalue weighted by atomic mass is 9.89. The Hall–Kier alpha value is -2.41. The van der Waals surface area contributed by atoms with Crippen LogP contribution in [0.25, 0.3) is 0 Å². The van der Waals surface area contributed by atoms with Gasteiger partial charge in [0.15, 0.2) is 11.8 Å². The molecule has 166 valence electrons. The second kappa shape index (κ2) is 9.39. The molecule has 0 aromatic carbocycles. The molecule has 1 heterocycles. The van der Waals surface area contributed by atoms with Gasteiger partial charge in [-0.05, 0) is 20.8 Å². The molecule has 1 rings (SSSR count). The van der Waals surface area contributed by atoms with Crippen LogP contribution < -0.4 is 10.6 Å². The van der Waals surface area contributed by atoms with Crippen molar-refractivity contribution in [1.82, 2.24) is 10.6 Å². The lowest BCUT2D eigenvalue weighted by molar-refractivity contribution is -0.162. The molecule has 0 saturated carbocycles. The molecule has 12 nitrogen and oxygen atoms in total. The van der Waals surface area contributed by atoms with Gasteiger partial charge >= 0.3 is 12.1 Å². The number of carbonyl (C=O) groups excluding carboxylic acids is 3. The summed E-state index contributed by atoms with van der Waals surface area (Å²) in [6.45, 7) is 4.94. The van der Waals surface area contributed by atoms with Gasteiger partial charge < -0.3 is 40.0 Å². The summed E-state index contributed by atoms with van der Waals surface area (Å²) in [4.78, 5) is 35.9. The number of ether oxygens (including phenoxy) is 3. The number of amides is 2. The summed E-state index contributed by atoms with van der Waals surface area (Å²) < 4.78 is 14.9. The standard InChI is InChI=1S/C17H28N2O10/c1-8(21)18-13-12(11(23)9(22)7-20)28-10(14(24)27-5)6-17(13,26)19-15(25)29-16(2,3)4/h6,9,11-13,20,22-23,26H,7H2,1-5H3,(H,18,21)(H,19,25)/t9?,11?,12-,13-,17-/m0/s1. The van der Waals surface area contributed by atoms with Crippen LogP contribution in [-0.2, 0) is 23.8 Å². The molecular formula is C17H28N2O10. The number of alkyl carbamates (subject to hydrolysis) is 1. The monoisotopic (exact) mass is 420 g/mol. The molecule has 12 heteroatoms. The van der Waals surface area contributed by atoms with Crippen molar-refractivity contribution in [3.05, 3.63) is 11.8 Å². The highest BCUT2D eigenvalue weighted by atomic mass is 16.6. The first-order valence-corrected chi connectivity index (χ1v) is 8.69. The third-order valence-electron chi connectivity index (χ3n) is 3.78. The van der Waals surface area contributed by atoms with Crippen molar-refractivity contribution in [1.29, 1.82) is 0 Å². The number of carbonyl (C=O) groups is 3. The minimum atomic E-state index is -2.49. The van der Waals surface area contributed by atoms with Gasteiger partial charge in [0.05, 0.1) is 13.7 Å². The molecule has 0 fully saturated rings. The first kappa shape index (κ1) is 24.6. The van der Waals surface area contributed by atoms with Crippen LogP contribution in [0.4, 0.5) is 4.79 Å². The third kappa shape index (κ3) is 6.56. The molecule has 0 radical (unpaired) electrons. The van der Waals surface area contributed by atoms with Crippen LogP contribution in [0.3, 0.4) is 0 Å². The largest absolute Gasteiger partial charge is 0.478 e. The van der Waals surface area contributed by atoms with Gasteiger partial charge in [0, 0.05) is 13.0 Å². The molecule has 2 amide bonds. The summed E-state index contributed by atoms with van der Waals surface area (Å²) >= 11 is 0. The highest BCUT2D eigenvalue weighted by Gasteiger charge is 2.52. The van der Waals surface area contributed by atoms with Gasteiger partial charge in [-0.3, -0.25) is 10.1 Å². The number of hydrogen-bond acceptors (Lipinski definition) is 10. The van der Waals surface area contributed by atoms with E-state index in [-0.39, 0.29) is 0 Å². The lowest BCUT2D eigenvalue weighted by Crippen LogP contribution is -2.70. The minimum Gasteiger partial charge on any atom is -0.478 e. The van der Waals surface area contributed by atoms with Gasteiger partial charge in [-0.1, -0.05) is 0 Å². The van der Waals surface area contributed by atoms with Crippen LogP contribution in [0.1, 0.15) is 27.7 Å². The Balaban J connectivity index is 3.43. The summed E-state index contributed by atoms with van der Waals surface area (Å²) in [5.41, 5.74) is -3.42. The van der Waals surface area contributed by atoms with E-state index in [1.54, 1.807) is 20.8 Å². The van der Waals surface area contributed by atoms with E-state index in [0.29, 0.717) is 0 Å². The Labute approximate surface area is 167 Å². The molecule has 5 atom stereocenters. The summed E-state index contributed by atoms with van der Waals surface area (Å²) in [6, 6.07) is -1.59. The first-order valence-electron chi connectivity index (χ1n) is 8.69. The topological polar surface area (TPSA) is 184 Å². The molecule has 0 saturated heterocycles. The van der Waals surface area contributed by atoms with E-state index in [0.717, 1.165) is 20.1 Å². The van der Waals surface area contributed by atoms with Crippen molar-refractivity contribution >= 4 is 18.0 Å². The van der Waals surface area contributed by atoms with E-state index < -0.39 is 66.0 Å². The normalized spacial score (nSPS) is 26.3. The van der Waals surface area contributed by atoms with Crippen molar-refractivity contribution < 1.29 is 49.0 Å². The number of esters is 1. The summed E-state index contributed by atoms with van der Waals surface area (Å²) in [7, 11) is 1.03. The molecule has 0 aliphatic carbocycles. The van der Waals surface area contributed by atoms with E-state index in [1.165, 1.54) is 0 Å². The molecule has 6 N–H and O–H groups in total. The number of aliphatic hydroxyl groups excluding tert-OH is 3. The highest BCUT2D eigenvalue weighted by molar-refractivity contribution is 5.87. The maximum Gasteiger partial charge on any atom is 0.410 e. The summed E-state index contributed by atoms with van der Waals surface area (Å²) in [6.07, 6.45) is -5.62. The Morgan fingerprint density at radius 2 is 1.90 bits per heavy atom. The van der Waals surface area contributed by atoms with Crippen molar-refractivity contribution in [3.63, 3.8) is 0 Å². The number of methoxy groups -OCH3 is 1. The number of hydrogen-bond donors (Lipinski definition) is 6. The SMILES string of the molecule is COC(=O)C1=C[C@@](O)(NC(=O)OC(C)(C)C)[C@@H](NC(C)=O)[C@H](C(O)C(O)CO)O1. The number of aliphatic hydroxyl groups is 4. The Morgan fingerprint density at radius 1 is 1.31 bits per heavy atom. The van der Waals surface area contributed by atoms with Gasteiger partial charge in [-0.25, -0.2) is 9.59 Å². The fourth-order valence-electron chi connectivity index (χ4n) is 2.58. The average Bonchev–Trinajstić information content (AvgIpc) is 2.58. The predicted octanol–water partition coefficient (Wildman–Crippen LogP) is -2.13. The smallest absolute Gasteiger partial charge is 0.410 e. The molecule has 2 unspecified atom stereocenters. The fourth-order valence-corrected chi connectivity index (χ4v) is 2.58. The molecule has 1 aliphatic rings. The van der Waals surface area contributed by atoms with Crippen molar-refractivity contribution in [3.8, 4) is 0 Å². The van der Waals surface area contributed by atoms with Crippen LogP contribution in [0.5, 0.6) is 0 Å². The summed E-state index contributed by atoms with van der Waals surface area (Å²) in [5.74, 6) is -2.36. The van der Waals surface area contributed by atoms with Crippen LogP contribution in [-0.4, -0.2) is 87.8 Å². The van der Waals surface area contributed by atoms with Crippen LogP contribution in [0, 0.1) is 0 Å². The Kier molecular flexibility index (Phi) is 7.98. The third-order valence-corrected chi connectivity index (χ3v) is 3.78. The van der Waals surface area contributed by atoms with Crippen molar-refractivity contribution in [2.24, 2.45) is 0 Å². The average molecular weight is 420 g/mol. The zero-order chi connectivity index (χ0) is 22.6. The number of nitrogens with one attached hydrogen (secondary N) is 2. The van der Waals surface area contributed by atoms with Crippen molar-refractivity contribution in [2.45, 2.75) is 63.4 Å². The van der Waals surface area contributed by atoms with Gasteiger partial charge in [-0.2, -0.15) is 0 Å². The highest BCUT2D eigenvalue weighted by Crippen LogP contribution is 2.29. The van der Waals surface area contributed by atoms with E-state index in [9.17, 15) is 29.7 Å². The van der Waals surface area contributed by atoms with Gasteiger partial charge in [0.2, 0.25) is 11.7 Å². The second-order valence-corrected chi connectivity index (χ2v) is 7.45. The molecule has 0 aromatic rings. The van der Waals surface area contributed by atoms with Crippen LogP contribution in [0.15, 0.2) is 11.8 Å². The minimum absolute atomic E-state index is 0.609. The molecule has 29 heavy (non-hydrogen) atoms. The molecule has 0 spiro atoms. The Morgan fingerprint density at radius 3 is 2.34 bits per heavy atom. The van der Waals surface area contributed by atoms with E-state index in [1.807, 2.05) is 0 Å². The van der Waals surface area contributed by atoms with Gasteiger partial charge in [0.25, 0.3) is 0 Å². The molecule has 0 aromatic heterocycles. The zero-order valence-corrected chi connectivity index (χ0v) is 16.8.